The zero-order valence-corrected chi connectivity index (χ0v) is 15.8. The molecule has 0 amide bonds. The predicted molar refractivity (Wildman–Crippen MR) is 96.8 cm³/mol. The van der Waals surface area contributed by atoms with Crippen LogP contribution in [0.2, 0.25) is 0 Å². The first-order valence-corrected chi connectivity index (χ1v) is 8.35. The lowest BCUT2D eigenvalue weighted by Crippen LogP contribution is -2.45. The second kappa shape index (κ2) is 9.47. The number of thiocarbonyl (C=S) groups is 1. The Morgan fingerprint density at radius 3 is 2.63 bits per heavy atom. The van der Waals surface area contributed by atoms with Gasteiger partial charge in [0.15, 0.2) is 16.6 Å². The smallest absolute Gasteiger partial charge is 0.387 e. The molecule has 0 radical (unpaired) electrons. The molecule has 0 fully saturated rings. The number of hydrogen-bond donors (Lipinski definition) is 2. The molecular weight excluding hydrogens is 382 g/mol. The summed E-state index contributed by atoms with van der Waals surface area (Å²) >= 11 is 5.17. The molecule has 2 N–H and O–H groups in total. The highest BCUT2D eigenvalue weighted by atomic mass is 32.1. The van der Waals surface area contributed by atoms with Crippen LogP contribution in [0.5, 0.6) is 11.5 Å². The zero-order chi connectivity index (χ0) is 20.0. The average molecular weight is 402 g/mol. The summed E-state index contributed by atoms with van der Waals surface area (Å²) in [5, 5.41) is 6.18. The van der Waals surface area contributed by atoms with E-state index in [0.717, 1.165) is 0 Å². The number of alkyl halides is 2. The number of benzene rings is 1. The Bertz CT molecular complexity index is 742. The van der Waals surface area contributed by atoms with Crippen LogP contribution in [0.15, 0.2) is 29.5 Å². The third-order valence-corrected chi connectivity index (χ3v) is 3.97. The van der Waals surface area contributed by atoms with E-state index in [2.05, 4.69) is 15.4 Å². The average Bonchev–Trinajstić information content (AvgIpc) is 2.61. The van der Waals surface area contributed by atoms with Gasteiger partial charge >= 0.3 is 12.6 Å². The molecule has 1 aromatic carbocycles. The van der Waals surface area contributed by atoms with E-state index >= 15 is 0 Å². The van der Waals surface area contributed by atoms with Gasteiger partial charge in [-0.1, -0.05) is 6.07 Å². The van der Waals surface area contributed by atoms with Gasteiger partial charge in [-0.25, -0.2) is 4.79 Å². The molecule has 148 valence electrons. The number of halogens is 2. The lowest BCUT2D eigenvalue weighted by Gasteiger charge is -2.30. The van der Waals surface area contributed by atoms with Crippen LogP contribution >= 0.6 is 12.2 Å². The summed E-state index contributed by atoms with van der Waals surface area (Å²) in [7, 11) is 2.83. The van der Waals surface area contributed by atoms with E-state index in [0.29, 0.717) is 21.9 Å². The number of rotatable bonds is 8. The van der Waals surface area contributed by atoms with Crippen molar-refractivity contribution in [1.29, 1.82) is 0 Å². The SMILES string of the molecule is COCCOC(=O)C1=C(C)NC(=S)N[C@@H]1c1ccc(OC(F)F)c(OC)c1. The number of hydrogen-bond acceptors (Lipinski definition) is 6. The number of esters is 1. The minimum atomic E-state index is -2.98. The molecule has 0 aromatic heterocycles. The number of nitrogens with one attached hydrogen (secondary N) is 2. The van der Waals surface area contributed by atoms with Crippen LogP contribution in [0.3, 0.4) is 0 Å². The number of carbonyl (C=O) groups is 1. The molecule has 0 bridgehead atoms. The minimum Gasteiger partial charge on any atom is -0.493 e. The van der Waals surface area contributed by atoms with Crippen molar-refractivity contribution in [1.82, 2.24) is 10.6 Å². The monoisotopic (exact) mass is 402 g/mol. The second-order valence-electron chi connectivity index (χ2n) is 5.49. The highest BCUT2D eigenvalue weighted by Crippen LogP contribution is 2.35. The van der Waals surface area contributed by atoms with Crippen molar-refractivity contribution < 1.29 is 32.5 Å². The van der Waals surface area contributed by atoms with Gasteiger partial charge in [0.05, 0.1) is 25.3 Å². The molecule has 0 unspecified atom stereocenters. The molecule has 1 atom stereocenters. The van der Waals surface area contributed by atoms with Crippen molar-refractivity contribution in [2.24, 2.45) is 0 Å². The molecular formula is C17H20F2N2O5S. The molecule has 0 aliphatic carbocycles. The van der Waals surface area contributed by atoms with Gasteiger partial charge in [0.1, 0.15) is 6.61 Å². The molecule has 1 aliphatic heterocycles. The summed E-state index contributed by atoms with van der Waals surface area (Å²) in [4.78, 5) is 12.5. The van der Waals surface area contributed by atoms with E-state index in [4.69, 9.17) is 26.4 Å². The summed E-state index contributed by atoms with van der Waals surface area (Å²) in [6.07, 6.45) is 0. The van der Waals surface area contributed by atoms with Gasteiger partial charge in [-0.2, -0.15) is 8.78 Å². The van der Waals surface area contributed by atoms with Crippen molar-refractivity contribution >= 4 is 23.3 Å². The topological polar surface area (TPSA) is 78.1 Å². The van der Waals surface area contributed by atoms with Gasteiger partial charge in [-0.05, 0) is 36.8 Å². The fraction of sp³-hybridized carbons (Fsp3) is 0.412. The van der Waals surface area contributed by atoms with Crippen LogP contribution < -0.4 is 20.1 Å². The molecule has 1 heterocycles. The van der Waals surface area contributed by atoms with E-state index in [-0.39, 0.29) is 24.7 Å². The van der Waals surface area contributed by atoms with Crippen LogP contribution in [0, 0.1) is 0 Å². The molecule has 1 aliphatic rings. The van der Waals surface area contributed by atoms with Gasteiger partial charge in [0.25, 0.3) is 0 Å². The van der Waals surface area contributed by atoms with Gasteiger partial charge in [-0.3, -0.25) is 0 Å². The molecule has 0 saturated heterocycles. The maximum Gasteiger partial charge on any atom is 0.387 e. The third-order valence-electron chi connectivity index (χ3n) is 3.75. The highest BCUT2D eigenvalue weighted by Gasteiger charge is 2.31. The second-order valence-corrected chi connectivity index (χ2v) is 5.90. The number of ether oxygens (including phenoxy) is 4. The van der Waals surface area contributed by atoms with Gasteiger partial charge < -0.3 is 29.6 Å². The normalized spacial score (nSPS) is 16.7. The lowest BCUT2D eigenvalue weighted by molar-refractivity contribution is -0.140. The quantitative estimate of drug-likeness (QED) is 0.390. The van der Waals surface area contributed by atoms with E-state index in [1.807, 2.05) is 0 Å². The van der Waals surface area contributed by atoms with E-state index < -0.39 is 18.6 Å². The number of allylic oxidation sites excluding steroid dienone is 1. The van der Waals surface area contributed by atoms with E-state index in [9.17, 15) is 13.6 Å². The van der Waals surface area contributed by atoms with Crippen molar-refractivity contribution in [2.45, 2.75) is 19.6 Å². The highest BCUT2D eigenvalue weighted by molar-refractivity contribution is 7.80. The summed E-state index contributed by atoms with van der Waals surface area (Å²) in [5.41, 5.74) is 1.40. The Morgan fingerprint density at radius 2 is 2.00 bits per heavy atom. The van der Waals surface area contributed by atoms with E-state index in [1.165, 1.54) is 26.4 Å². The summed E-state index contributed by atoms with van der Waals surface area (Å²) < 4.78 is 44.7. The first-order chi connectivity index (χ1) is 12.9. The van der Waals surface area contributed by atoms with Gasteiger partial charge in [-0.15, -0.1) is 0 Å². The van der Waals surface area contributed by atoms with Crippen LogP contribution in [-0.2, 0) is 14.3 Å². The first-order valence-electron chi connectivity index (χ1n) is 7.94. The van der Waals surface area contributed by atoms with Crippen LogP contribution in [-0.4, -0.2) is 45.1 Å². The first kappa shape index (κ1) is 20.8. The largest absolute Gasteiger partial charge is 0.493 e. The van der Waals surface area contributed by atoms with Crippen LogP contribution in [0.1, 0.15) is 18.5 Å². The Hall–Kier alpha value is -2.46. The van der Waals surface area contributed by atoms with Crippen molar-refractivity contribution in [2.75, 3.05) is 27.4 Å². The summed E-state index contributed by atoms with van der Waals surface area (Å²) in [6, 6.07) is 3.74. The Labute approximate surface area is 160 Å². The maximum absolute atomic E-state index is 12.5. The number of carbonyl (C=O) groups excluding carboxylic acids is 1. The lowest BCUT2D eigenvalue weighted by atomic mass is 9.95. The molecule has 27 heavy (non-hydrogen) atoms. The fourth-order valence-electron chi connectivity index (χ4n) is 2.57. The molecule has 0 saturated carbocycles. The molecule has 7 nitrogen and oxygen atoms in total. The zero-order valence-electron chi connectivity index (χ0n) is 15.0. The molecule has 0 spiro atoms. The standard InChI is InChI=1S/C17H20F2N2O5S/c1-9-13(15(22)25-7-6-23-2)14(21-17(27)20-9)10-4-5-11(26-16(18)19)12(8-10)24-3/h4-5,8,14,16H,6-7H2,1-3H3,(H2,20,21,27)/t14-/m1/s1. The minimum absolute atomic E-state index is 0.0910. The third kappa shape index (κ3) is 5.27. The molecule has 1 aromatic rings. The Morgan fingerprint density at radius 1 is 1.26 bits per heavy atom. The molecule has 10 heteroatoms. The Balaban J connectivity index is 2.36. The van der Waals surface area contributed by atoms with Crippen molar-refractivity contribution in [3.8, 4) is 11.5 Å². The van der Waals surface area contributed by atoms with Gasteiger partial charge in [0.2, 0.25) is 0 Å². The van der Waals surface area contributed by atoms with Crippen LogP contribution in [0.4, 0.5) is 8.78 Å². The fourth-order valence-corrected chi connectivity index (χ4v) is 2.84. The maximum atomic E-state index is 12.5. The van der Waals surface area contributed by atoms with Crippen LogP contribution in [0.25, 0.3) is 0 Å². The van der Waals surface area contributed by atoms with Gasteiger partial charge in [0, 0.05) is 12.8 Å². The number of methoxy groups -OCH3 is 2. The molecule has 2 rings (SSSR count). The Kier molecular flexibility index (Phi) is 7.31. The van der Waals surface area contributed by atoms with Crippen molar-refractivity contribution in [3.63, 3.8) is 0 Å². The predicted octanol–water partition coefficient (Wildman–Crippen LogP) is 2.28. The summed E-state index contributed by atoms with van der Waals surface area (Å²) in [5.74, 6) is -0.564. The van der Waals surface area contributed by atoms with Crippen molar-refractivity contribution in [3.05, 3.63) is 35.0 Å². The summed E-state index contributed by atoms with van der Waals surface area (Å²) in [6.45, 7) is -0.940. The van der Waals surface area contributed by atoms with E-state index in [1.54, 1.807) is 13.0 Å².